The third-order valence-corrected chi connectivity index (χ3v) is 1.57. The summed E-state index contributed by atoms with van der Waals surface area (Å²) in [5.74, 6) is -0.230. The Hall–Kier alpha value is -0.820. The zero-order valence-corrected chi connectivity index (χ0v) is 10.2. The van der Waals surface area contributed by atoms with Crippen LogP contribution in [0.1, 0.15) is 13.4 Å². The molecule has 0 spiro atoms. The molecule has 0 atom stereocenters. The van der Waals surface area contributed by atoms with E-state index in [0.717, 1.165) is 5.56 Å². The molecule has 0 aromatic heterocycles. The van der Waals surface area contributed by atoms with Gasteiger partial charge in [0, 0.05) is 6.54 Å². The molecule has 4 heteroatoms. The fourth-order valence-electron chi connectivity index (χ4n) is 0.931. The molecule has 1 aromatic carbocycles. The molecule has 0 saturated heterocycles. The average Bonchev–Trinajstić information content (AvgIpc) is 2.17. The molecule has 0 radical (unpaired) electrons. The van der Waals surface area contributed by atoms with Crippen molar-refractivity contribution in [3.8, 4) is 6.07 Å². The van der Waals surface area contributed by atoms with Crippen molar-refractivity contribution < 1.29 is 35.8 Å². The standard InChI is InChI=1S/C10H10N2O.Na.H/c11-7-6-10(13)12-8-9-4-2-1-3-5-9;;/h1-5H,6,8H2,(H,12,13);;/q;+1;-1. The first kappa shape index (κ1) is 13.2. The summed E-state index contributed by atoms with van der Waals surface area (Å²) in [6.07, 6.45) is -0.0766. The van der Waals surface area contributed by atoms with Crippen molar-refractivity contribution in [2.24, 2.45) is 0 Å². The Bertz CT molecular complexity index is 324. The minimum atomic E-state index is -0.230. The van der Waals surface area contributed by atoms with Crippen LogP contribution >= 0.6 is 0 Å². The summed E-state index contributed by atoms with van der Waals surface area (Å²) in [6.45, 7) is 0.487. The second-order valence-corrected chi connectivity index (χ2v) is 2.60. The van der Waals surface area contributed by atoms with Crippen molar-refractivity contribution in [2.45, 2.75) is 13.0 Å². The molecule has 0 aliphatic carbocycles. The number of carbonyl (C=O) groups excluding carboxylic acids is 1. The second-order valence-electron chi connectivity index (χ2n) is 2.60. The molecule has 1 rings (SSSR count). The molecule has 0 unspecified atom stereocenters. The number of hydrogen-bond donors (Lipinski definition) is 1. The van der Waals surface area contributed by atoms with E-state index in [4.69, 9.17) is 5.26 Å². The van der Waals surface area contributed by atoms with Crippen LogP contribution in [0, 0.1) is 11.3 Å². The molecule has 0 bridgehead atoms. The van der Waals surface area contributed by atoms with Gasteiger partial charge in [0.15, 0.2) is 0 Å². The Morgan fingerprint density at radius 3 is 2.64 bits per heavy atom. The van der Waals surface area contributed by atoms with Gasteiger partial charge in [-0.1, -0.05) is 30.3 Å². The molecule has 0 heterocycles. The molecule has 0 fully saturated rings. The Balaban J connectivity index is 0. The maximum atomic E-state index is 10.9. The van der Waals surface area contributed by atoms with Crippen molar-refractivity contribution in [1.29, 1.82) is 5.26 Å². The van der Waals surface area contributed by atoms with E-state index in [-0.39, 0.29) is 43.3 Å². The molecular weight excluding hydrogens is 187 g/mol. The number of nitrogens with zero attached hydrogens (tertiary/aromatic N) is 1. The summed E-state index contributed by atoms with van der Waals surface area (Å²) in [5.41, 5.74) is 1.04. The Labute approximate surface area is 107 Å². The van der Waals surface area contributed by atoms with Crippen molar-refractivity contribution in [3.63, 3.8) is 0 Å². The minimum absolute atomic E-state index is 0. The van der Waals surface area contributed by atoms with Gasteiger partial charge < -0.3 is 6.74 Å². The van der Waals surface area contributed by atoms with Gasteiger partial charge in [0.1, 0.15) is 6.42 Å². The van der Waals surface area contributed by atoms with E-state index < -0.39 is 0 Å². The van der Waals surface area contributed by atoms with Crippen LogP contribution in [0.15, 0.2) is 30.3 Å². The maximum absolute atomic E-state index is 10.9. The first-order chi connectivity index (χ1) is 6.33. The van der Waals surface area contributed by atoms with E-state index in [2.05, 4.69) is 5.32 Å². The summed E-state index contributed by atoms with van der Waals surface area (Å²) in [5, 5.41) is 10.9. The van der Waals surface area contributed by atoms with Crippen LogP contribution in [-0.2, 0) is 11.3 Å². The first-order valence-electron chi connectivity index (χ1n) is 4.00. The van der Waals surface area contributed by atoms with Gasteiger partial charge in [0.2, 0.25) is 5.91 Å². The van der Waals surface area contributed by atoms with Crippen LogP contribution in [-0.4, -0.2) is 5.91 Å². The minimum Gasteiger partial charge on any atom is -1.00 e. The van der Waals surface area contributed by atoms with E-state index in [0.29, 0.717) is 6.54 Å². The van der Waals surface area contributed by atoms with Gasteiger partial charge in [-0.25, -0.2) is 0 Å². The number of nitriles is 1. The van der Waals surface area contributed by atoms with E-state index >= 15 is 0 Å². The maximum Gasteiger partial charge on any atom is 1.00 e. The summed E-state index contributed by atoms with van der Waals surface area (Å²) in [6, 6.07) is 11.4. The van der Waals surface area contributed by atoms with Gasteiger partial charge in [-0.05, 0) is 5.56 Å². The Morgan fingerprint density at radius 1 is 1.43 bits per heavy atom. The van der Waals surface area contributed by atoms with Crippen LogP contribution in [0.2, 0.25) is 0 Å². The number of rotatable bonds is 3. The normalized spacial score (nSPS) is 8.21. The van der Waals surface area contributed by atoms with Gasteiger partial charge in [-0.2, -0.15) is 5.26 Å². The number of nitrogens with one attached hydrogen (secondary N) is 1. The number of benzene rings is 1. The van der Waals surface area contributed by atoms with E-state index in [1.165, 1.54) is 0 Å². The van der Waals surface area contributed by atoms with Crippen molar-refractivity contribution in [2.75, 3.05) is 0 Å². The third kappa shape index (κ3) is 5.03. The van der Waals surface area contributed by atoms with E-state index in [9.17, 15) is 4.79 Å². The molecule has 1 amide bonds. The smallest absolute Gasteiger partial charge is 1.00 e. The zero-order chi connectivity index (χ0) is 9.52. The predicted octanol–water partition coefficient (Wildman–Crippen LogP) is -1.67. The summed E-state index contributed by atoms with van der Waals surface area (Å²) in [7, 11) is 0. The van der Waals surface area contributed by atoms with Crippen LogP contribution < -0.4 is 34.9 Å². The third-order valence-electron chi connectivity index (χ3n) is 1.57. The van der Waals surface area contributed by atoms with Gasteiger partial charge in [-0.3, -0.25) is 4.79 Å². The van der Waals surface area contributed by atoms with Crippen molar-refractivity contribution in [3.05, 3.63) is 35.9 Å². The van der Waals surface area contributed by atoms with Crippen molar-refractivity contribution in [1.82, 2.24) is 5.32 Å². The Morgan fingerprint density at radius 2 is 2.07 bits per heavy atom. The molecular formula is C10H11N2NaO. The predicted molar refractivity (Wildman–Crippen MR) is 49.6 cm³/mol. The molecule has 0 aliphatic rings. The number of hydrogen-bond acceptors (Lipinski definition) is 2. The number of carbonyl (C=O) groups is 1. The summed E-state index contributed by atoms with van der Waals surface area (Å²) < 4.78 is 0. The van der Waals surface area contributed by atoms with Gasteiger partial charge in [-0.15, -0.1) is 0 Å². The van der Waals surface area contributed by atoms with Crippen LogP contribution in [0.4, 0.5) is 0 Å². The zero-order valence-electron chi connectivity index (χ0n) is 9.16. The second kappa shape index (κ2) is 7.57. The van der Waals surface area contributed by atoms with E-state index in [1.807, 2.05) is 30.3 Å². The fourth-order valence-corrected chi connectivity index (χ4v) is 0.931. The summed E-state index contributed by atoms with van der Waals surface area (Å²) in [4.78, 5) is 10.9. The number of amides is 1. The van der Waals surface area contributed by atoms with Gasteiger partial charge in [0.25, 0.3) is 0 Å². The van der Waals surface area contributed by atoms with Crippen LogP contribution in [0.5, 0.6) is 0 Å². The molecule has 1 N–H and O–H groups in total. The van der Waals surface area contributed by atoms with Crippen LogP contribution in [0.3, 0.4) is 0 Å². The fraction of sp³-hybridized carbons (Fsp3) is 0.200. The molecule has 68 valence electrons. The van der Waals surface area contributed by atoms with E-state index in [1.54, 1.807) is 6.07 Å². The Kier molecular flexibility index (Phi) is 7.13. The summed E-state index contributed by atoms with van der Waals surface area (Å²) >= 11 is 0. The SMILES string of the molecule is N#CCC(=O)NCc1ccccc1.[H-].[Na+]. The molecule has 14 heavy (non-hydrogen) atoms. The molecule has 0 aliphatic heterocycles. The average molecular weight is 198 g/mol. The van der Waals surface area contributed by atoms with Crippen molar-refractivity contribution >= 4 is 5.91 Å². The van der Waals surface area contributed by atoms with Gasteiger partial charge >= 0.3 is 29.6 Å². The quantitative estimate of drug-likeness (QED) is 0.591. The van der Waals surface area contributed by atoms with Crippen LogP contribution in [0.25, 0.3) is 0 Å². The molecule has 1 aromatic rings. The molecule has 0 saturated carbocycles. The van der Waals surface area contributed by atoms with Gasteiger partial charge in [0.05, 0.1) is 6.07 Å². The first-order valence-corrected chi connectivity index (χ1v) is 4.00. The molecule has 3 nitrogen and oxygen atoms in total. The largest absolute Gasteiger partial charge is 1.00 e. The topological polar surface area (TPSA) is 52.9 Å². The monoisotopic (exact) mass is 198 g/mol.